The fraction of sp³-hybridized carbons (Fsp3) is 0.308. The van der Waals surface area contributed by atoms with Crippen LogP contribution in [0.4, 0.5) is 0 Å². The molecule has 14 heavy (non-hydrogen) atoms. The van der Waals surface area contributed by atoms with Crippen LogP contribution in [0.5, 0.6) is 0 Å². The second-order valence-electron chi connectivity index (χ2n) is 3.57. The molecular weight excluding hydrogens is 172 g/mol. The van der Waals surface area contributed by atoms with Crippen LogP contribution in [0.25, 0.3) is 0 Å². The van der Waals surface area contributed by atoms with Gasteiger partial charge in [-0.3, -0.25) is 4.79 Å². The van der Waals surface area contributed by atoms with E-state index in [1.54, 1.807) is 0 Å². The Morgan fingerprint density at radius 1 is 1.43 bits per heavy atom. The van der Waals surface area contributed by atoms with Crippen LogP contribution in [-0.2, 0) is 0 Å². The number of carbonyl (C=O) groups excluding carboxylic acids is 1. The molecule has 0 spiro atoms. The summed E-state index contributed by atoms with van der Waals surface area (Å²) in [6.45, 7) is 7.85. The van der Waals surface area contributed by atoms with Crippen LogP contribution in [0.15, 0.2) is 36.4 Å². The molecule has 0 N–H and O–H groups in total. The van der Waals surface area contributed by atoms with E-state index < -0.39 is 0 Å². The number of aryl methyl sites for hydroxylation is 1. The monoisotopic (exact) mass is 188 g/mol. The Kier molecular flexibility index (Phi) is 3.63. The third-order valence-electron chi connectivity index (χ3n) is 2.25. The lowest BCUT2D eigenvalue weighted by Crippen LogP contribution is -2.00. The molecule has 0 unspecified atom stereocenters. The average molecular weight is 188 g/mol. The van der Waals surface area contributed by atoms with Crippen molar-refractivity contribution >= 4 is 5.78 Å². The highest BCUT2D eigenvalue weighted by molar-refractivity contribution is 5.97. The Labute approximate surface area is 85.5 Å². The SMILES string of the molecule is C=C(CC)CC(=O)c1cccc(C)c1. The third-order valence-corrected chi connectivity index (χ3v) is 2.25. The Hall–Kier alpha value is -1.37. The fourth-order valence-electron chi connectivity index (χ4n) is 1.27. The summed E-state index contributed by atoms with van der Waals surface area (Å²) in [5.41, 5.74) is 2.91. The van der Waals surface area contributed by atoms with Crippen LogP contribution in [-0.4, -0.2) is 5.78 Å². The third kappa shape index (κ3) is 2.84. The largest absolute Gasteiger partial charge is 0.294 e. The van der Waals surface area contributed by atoms with Crippen molar-refractivity contribution in [3.05, 3.63) is 47.5 Å². The number of Topliss-reactive ketones (excluding diaryl/α,β-unsaturated/α-hetero) is 1. The Balaban J connectivity index is 2.75. The van der Waals surface area contributed by atoms with Gasteiger partial charge in [-0.2, -0.15) is 0 Å². The zero-order valence-corrected chi connectivity index (χ0v) is 8.84. The summed E-state index contributed by atoms with van der Waals surface area (Å²) in [5, 5.41) is 0. The van der Waals surface area contributed by atoms with E-state index in [1.807, 2.05) is 38.1 Å². The summed E-state index contributed by atoms with van der Waals surface area (Å²) in [5.74, 6) is 0.167. The summed E-state index contributed by atoms with van der Waals surface area (Å²) in [6.07, 6.45) is 1.34. The van der Waals surface area contributed by atoms with Crippen LogP contribution < -0.4 is 0 Å². The minimum absolute atomic E-state index is 0.167. The van der Waals surface area contributed by atoms with Crippen molar-refractivity contribution in [1.82, 2.24) is 0 Å². The number of carbonyl (C=O) groups is 1. The number of hydrogen-bond acceptors (Lipinski definition) is 1. The first-order valence-electron chi connectivity index (χ1n) is 4.90. The van der Waals surface area contributed by atoms with E-state index in [4.69, 9.17) is 0 Å². The first kappa shape index (κ1) is 10.7. The number of ketones is 1. The van der Waals surface area contributed by atoms with E-state index in [0.29, 0.717) is 6.42 Å². The van der Waals surface area contributed by atoms with E-state index in [1.165, 1.54) is 0 Å². The second kappa shape index (κ2) is 4.75. The normalized spacial score (nSPS) is 9.86. The quantitative estimate of drug-likeness (QED) is 0.521. The molecule has 1 heteroatoms. The van der Waals surface area contributed by atoms with Crippen molar-refractivity contribution in [2.45, 2.75) is 26.7 Å². The Morgan fingerprint density at radius 3 is 2.71 bits per heavy atom. The second-order valence-corrected chi connectivity index (χ2v) is 3.57. The molecule has 0 saturated carbocycles. The van der Waals surface area contributed by atoms with Gasteiger partial charge in [-0.1, -0.05) is 42.8 Å². The molecule has 0 amide bonds. The lowest BCUT2D eigenvalue weighted by Gasteiger charge is -2.02. The summed E-state index contributed by atoms with van der Waals surface area (Å²) < 4.78 is 0. The predicted octanol–water partition coefficient (Wildman–Crippen LogP) is 3.53. The fourth-order valence-corrected chi connectivity index (χ4v) is 1.27. The van der Waals surface area contributed by atoms with Crippen LogP contribution in [0.1, 0.15) is 35.7 Å². The summed E-state index contributed by atoms with van der Waals surface area (Å²) in [7, 11) is 0. The van der Waals surface area contributed by atoms with Gasteiger partial charge in [0.2, 0.25) is 0 Å². The molecule has 0 radical (unpaired) electrons. The van der Waals surface area contributed by atoms with Crippen molar-refractivity contribution in [2.75, 3.05) is 0 Å². The van der Waals surface area contributed by atoms with Crippen LogP contribution in [0.3, 0.4) is 0 Å². The predicted molar refractivity (Wildman–Crippen MR) is 59.6 cm³/mol. The van der Waals surface area contributed by atoms with Crippen LogP contribution >= 0.6 is 0 Å². The van der Waals surface area contributed by atoms with Crippen molar-refractivity contribution in [2.24, 2.45) is 0 Å². The molecule has 0 bridgehead atoms. The van der Waals surface area contributed by atoms with Gasteiger partial charge < -0.3 is 0 Å². The number of rotatable bonds is 4. The van der Waals surface area contributed by atoms with Gasteiger partial charge in [-0.25, -0.2) is 0 Å². The average Bonchev–Trinajstić information content (AvgIpc) is 2.17. The first-order chi connectivity index (χ1) is 6.63. The number of benzene rings is 1. The maximum absolute atomic E-state index is 11.7. The maximum atomic E-state index is 11.7. The summed E-state index contributed by atoms with van der Waals surface area (Å²) >= 11 is 0. The molecule has 0 aliphatic rings. The van der Waals surface area contributed by atoms with E-state index in [-0.39, 0.29) is 5.78 Å². The molecule has 1 aromatic carbocycles. The highest BCUT2D eigenvalue weighted by atomic mass is 16.1. The zero-order chi connectivity index (χ0) is 10.6. The molecule has 1 rings (SSSR count). The van der Waals surface area contributed by atoms with Crippen molar-refractivity contribution < 1.29 is 4.79 Å². The van der Waals surface area contributed by atoms with Crippen molar-refractivity contribution in [3.63, 3.8) is 0 Å². The number of allylic oxidation sites excluding steroid dienone is 1. The molecule has 0 heterocycles. The van der Waals surface area contributed by atoms with E-state index in [0.717, 1.165) is 23.1 Å². The van der Waals surface area contributed by atoms with Gasteiger partial charge in [0, 0.05) is 12.0 Å². The minimum Gasteiger partial charge on any atom is -0.294 e. The Morgan fingerprint density at radius 2 is 2.14 bits per heavy atom. The van der Waals surface area contributed by atoms with E-state index in [9.17, 15) is 4.79 Å². The molecule has 0 atom stereocenters. The molecule has 1 aromatic rings. The summed E-state index contributed by atoms with van der Waals surface area (Å²) in [4.78, 5) is 11.7. The lowest BCUT2D eigenvalue weighted by atomic mass is 10.0. The molecular formula is C13H16O. The number of hydrogen-bond donors (Lipinski definition) is 0. The highest BCUT2D eigenvalue weighted by Gasteiger charge is 2.06. The molecule has 0 aliphatic heterocycles. The van der Waals surface area contributed by atoms with Gasteiger partial charge >= 0.3 is 0 Å². The molecule has 0 aliphatic carbocycles. The van der Waals surface area contributed by atoms with Crippen LogP contribution in [0, 0.1) is 6.92 Å². The van der Waals surface area contributed by atoms with Crippen molar-refractivity contribution in [1.29, 1.82) is 0 Å². The standard InChI is InChI=1S/C13H16O/c1-4-10(2)9-13(14)12-7-5-6-11(3)8-12/h5-8H,2,4,9H2,1,3H3. The molecule has 1 nitrogen and oxygen atoms in total. The Bertz CT molecular complexity index is 350. The molecule has 0 saturated heterocycles. The molecule has 74 valence electrons. The van der Waals surface area contributed by atoms with E-state index in [2.05, 4.69) is 6.58 Å². The van der Waals surface area contributed by atoms with Gasteiger partial charge in [0.25, 0.3) is 0 Å². The van der Waals surface area contributed by atoms with Gasteiger partial charge in [-0.05, 0) is 19.4 Å². The van der Waals surface area contributed by atoms with Crippen LogP contribution in [0.2, 0.25) is 0 Å². The first-order valence-corrected chi connectivity index (χ1v) is 4.90. The molecule has 0 aromatic heterocycles. The summed E-state index contributed by atoms with van der Waals surface area (Å²) in [6, 6.07) is 7.69. The molecule has 0 fully saturated rings. The maximum Gasteiger partial charge on any atom is 0.166 e. The minimum atomic E-state index is 0.167. The van der Waals surface area contributed by atoms with Gasteiger partial charge in [0.1, 0.15) is 0 Å². The van der Waals surface area contributed by atoms with Gasteiger partial charge in [0.05, 0.1) is 0 Å². The topological polar surface area (TPSA) is 17.1 Å². The smallest absolute Gasteiger partial charge is 0.166 e. The lowest BCUT2D eigenvalue weighted by molar-refractivity contribution is 0.0992. The zero-order valence-electron chi connectivity index (χ0n) is 8.84. The van der Waals surface area contributed by atoms with E-state index >= 15 is 0 Å². The van der Waals surface area contributed by atoms with Gasteiger partial charge in [-0.15, -0.1) is 0 Å². The van der Waals surface area contributed by atoms with Gasteiger partial charge in [0.15, 0.2) is 5.78 Å². The highest BCUT2D eigenvalue weighted by Crippen LogP contribution is 2.11. The van der Waals surface area contributed by atoms with Crippen molar-refractivity contribution in [3.8, 4) is 0 Å².